The minimum atomic E-state index is -1.44. The van der Waals surface area contributed by atoms with Crippen LogP contribution in [0.1, 0.15) is 17.9 Å². The van der Waals surface area contributed by atoms with E-state index < -0.39 is 23.2 Å². The van der Waals surface area contributed by atoms with Gasteiger partial charge >= 0.3 is 5.97 Å². The van der Waals surface area contributed by atoms with Gasteiger partial charge < -0.3 is 9.53 Å². The van der Waals surface area contributed by atoms with Crippen LogP contribution in [0.5, 0.6) is 0 Å². The number of nitriles is 1. The van der Waals surface area contributed by atoms with Crippen LogP contribution in [-0.4, -0.2) is 19.4 Å². The third-order valence-corrected chi connectivity index (χ3v) is 4.76. The zero-order chi connectivity index (χ0) is 16.3. The molecule has 4 nitrogen and oxygen atoms in total. The minimum absolute atomic E-state index is 0.193. The number of nitrogens with zero attached hydrogens (tertiary/aromatic N) is 1. The van der Waals surface area contributed by atoms with Crippen molar-refractivity contribution in [1.29, 1.82) is 5.26 Å². The molecule has 1 aromatic rings. The molecule has 4 atom stereocenters. The topological polar surface area (TPSA) is 67.2 Å². The predicted octanol–water partition coefficient (Wildman–Crippen LogP) is 3.13. The fourth-order valence-corrected chi connectivity index (χ4v) is 3.64. The second-order valence-electron chi connectivity index (χ2n) is 5.39. The number of benzene rings is 1. The van der Waals surface area contributed by atoms with Gasteiger partial charge in [-0.15, -0.1) is 6.58 Å². The summed E-state index contributed by atoms with van der Waals surface area (Å²) in [6.45, 7) is 3.72. The van der Waals surface area contributed by atoms with Crippen molar-refractivity contribution < 1.29 is 14.3 Å². The summed E-state index contributed by atoms with van der Waals surface area (Å²) >= 11 is 6.25. The Labute approximate surface area is 134 Å². The van der Waals surface area contributed by atoms with Crippen molar-refractivity contribution in [3.05, 3.63) is 47.5 Å². The number of aldehydes is 1. The Bertz CT molecular complexity index is 652. The summed E-state index contributed by atoms with van der Waals surface area (Å²) in [7, 11) is 1.24. The van der Waals surface area contributed by atoms with Gasteiger partial charge in [-0.3, -0.25) is 4.79 Å². The minimum Gasteiger partial charge on any atom is -0.468 e. The molecule has 0 radical (unpaired) electrons. The normalized spacial score (nSPS) is 30.3. The fraction of sp³-hybridized carbons (Fsp3) is 0.353. The van der Waals surface area contributed by atoms with Gasteiger partial charge in [0.2, 0.25) is 0 Å². The number of allylic oxidation sites excluding steroid dienone is 1. The molecule has 1 aliphatic carbocycles. The zero-order valence-corrected chi connectivity index (χ0v) is 12.9. The van der Waals surface area contributed by atoms with Gasteiger partial charge in [0, 0.05) is 16.9 Å². The van der Waals surface area contributed by atoms with Gasteiger partial charge in [-0.05, 0) is 24.0 Å². The third kappa shape index (κ3) is 2.32. The number of esters is 1. The number of hydrogen-bond donors (Lipinski definition) is 0. The molecule has 0 saturated heterocycles. The van der Waals surface area contributed by atoms with Crippen LogP contribution in [0.25, 0.3) is 0 Å². The molecule has 0 heterocycles. The maximum atomic E-state index is 12.3. The zero-order valence-electron chi connectivity index (χ0n) is 12.2. The number of carbonyl (C=O) groups is 2. The van der Waals surface area contributed by atoms with Crippen LogP contribution in [0.15, 0.2) is 36.9 Å². The van der Waals surface area contributed by atoms with Crippen LogP contribution in [0.2, 0.25) is 5.02 Å². The maximum Gasteiger partial charge on any atom is 0.326 e. The van der Waals surface area contributed by atoms with E-state index in [0.717, 1.165) is 6.29 Å². The first-order chi connectivity index (χ1) is 10.6. The average molecular weight is 318 g/mol. The lowest BCUT2D eigenvalue weighted by molar-refractivity contribution is -0.150. The molecule has 0 unspecified atom stereocenters. The lowest BCUT2D eigenvalue weighted by Gasteiger charge is -2.28. The summed E-state index contributed by atoms with van der Waals surface area (Å²) in [5, 5.41) is 10.1. The lowest BCUT2D eigenvalue weighted by atomic mass is 9.72. The highest BCUT2D eigenvalue weighted by Gasteiger charge is 2.59. The second-order valence-corrected chi connectivity index (χ2v) is 5.80. The van der Waals surface area contributed by atoms with E-state index in [9.17, 15) is 14.9 Å². The van der Waals surface area contributed by atoms with Crippen molar-refractivity contribution in [1.82, 2.24) is 0 Å². The van der Waals surface area contributed by atoms with E-state index in [4.69, 9.17) is 16.3 Å². The van der Waals surface area contributed by atoms with E-state index in [1.165, 1.54) is 7.11 Å². The molecule has 0 aromatic heterocycles. The highest BCUT2D eigenvalue weighted by atomic mass is 35.5. The third-order valence-electron chi connectivity index (χ3n) is 4.42. The van der Waals surface area contributed by atoms with E-state index in [2.05, 4.69) is 12.6 Å². The molecule has 0 bridgehead atoms. The number of ether oxygens (including phenoxy) is 1. The molecule has 1 saturated carbocycles. The van der Waals surface area contributed by atoms with Gasteiger partial charge in [-0.25, -0.2) is 0 Å². The van der Waals surface area contributed by atoms with Crippen LogP contribution in [0.3, 0.4) is 0 Å². The van der Waals surface area contributed by atoms with Crippen LogP contribution < -0.4 is 0 Å². The Morgan fingerprint density at radius 1 is 1.55 bits per heavy atom. The predicted molar refractivity (Wildman–Crippen MR) is 82.1 cm³/mol. The SMILES string of the molecule is C=C[C@H]1C[C@@](C#N)(C(=O)OC)[C@H](c2ccccc2Cl)[C@H]1C=O. The Kier molecular flexibility index (Phi) is 4.68. The van der Waals surface area contributed by atoms with Crippen LogP contribution in [0.4, 0.5) is 0 Å². The first kappa shape index (κ1) is 16.3. The summed E-state index contributed by atoms with van der Waals surface area (Å²) in [6.07, 6.45) is 2.59. The van der Waals surface area contributed by atoms with E-state index in [1.54, 1.807) is 30.3 Å². The van der Waals surface area contributed by atoms with Crippen molar-refractivity contribution in [2.45, 2.75) is 12.3 Å². The van der Waals surface area contributed by atoms with E-state index >= 15 is 0 Å². The molecule has 0 N–H and O–H groups in total. The summed E-state index contributed by atoms with van der Waals surface area (Å²) in [5.74, 6) is -2.12. The quantitative estimate of drug-likeness (QED) is 0.486. The largest absolute Gasteiger partial charge is 0.468 e. The van der Waals surface area contributed by atoms with Crippen molar-refractivity contribution in [3.63, 3.8) is 0 Å². The van der Waals surface area contributed by atoms with Gasteiger partial charge in [0.15, 0.2) is 5.41 Å². The van der Waals surface area contributed by atoms with E-state index in [0.29, 0.717) is 10.6 Å². The molecular formula is C17H16ClNO3. The molecule has 0 spiro atoms. The standard InChI is InChI=1S/C17H16ClNO3/c1-3-11-8-17(10-19,16(21)22-2)15(13(11)9-20)12-6-4-5-7-14(12)18/h3-7,9,11,13,15H,1,8H2,2H3/t11-,13-,15+,17-/m0/s1. The first-order valence-electron chi connectivity index (χ1n) is 6.87. The molecule has 2 rings (SSSR count). The van der Waals surface area contributed by atoms with Gasteiger partial charge in [0.05, 0.1) is 13.2 Å². The van der Waals surface area contributed by atoms with Crippen molar-refractivity contribution in [3.8, 4) is 6.07 Å². The van der Waals surface area contributed by atoms with Crippen molar-refractivity contribution in [2.75, 3.05) is 7.11 Å². The van der Waals surface area contributed by atoms with Gasteiger partial charge in [-0.2, -0.15) is 5.26 Å². The molecule has 114 valence electrons. The van der Waals surface area contributed by atoms with Crippen LogP contribution in [0, 0.1) is 28.6 Å². The van der Waals surface area contributed by atoms with Crippen molar-refractivity contribution in [2.24, 2.45) is 17.3 Å². The molecule has 0 amide bonds. The molecule has 22 heavy (non-hydrogen) atoms. The molecule has 1 fully saturated rings. The average Bonchev–Trinajstić information content (AvgIpc) is 2.89. The molecule has 1 aromatic carbocycles. The number of carbonyl (C=O) groups excluding carboxylic acids is 2. The Hall–Kier alpha value is -2.12. The van der Waals surface area contributed by atoms with Gasteiger partial charge in [0.1, 0.15) is 6.29 Å². The van der Waals surface area contributed by atoms with Crippen LogP contribution >= 0.6 is 11.6 Å². The summed E-state index contributed by atoms with van der Waals surface area (Å²) in [5.41, 5.74) is -0.831. The highest BCUT2D eigenvalue weighted by molar-refractivity contribution is 6.31. The Morgan fingerprint density at radius 3 is 2.73 bits per heavy atom. The number of hydrogen-bond acceptors (Lipinski definition) is 4. The smallest absolute Gasteiger partial charge is 0.326 e. The van der Waals surface area contributed by atoms with E-state index in [-0.39, 0.29) is 12.3 Å². The summed E-state index contributed by atoms with van der Waals surface area (Å²) in [4.78, 5) is 24.0. The Morgan fingerprint density at radius 2 is 2.23 bits per heavy atom. The molecular weight excluding hydrogens is 302 g/mol. The fourth-order valence-electron chi connectivity index (χ4n) is 3.38. The second kappa shape index (κ2) is 6.33. The molecule has 1 aliphatic rings. The van der Waals surface area contributed by atoms with Crippen molar-refractivity contribution >= 4 is 23.9 Å². The lowest BCUT2D eigenvalue weighted by Crippen LogP contribution is -2.35. The first-order valence-corrected chi connectivity index (χ1v) is 7.25. The monoisotopic (exact) mass is 317 g/mol. The maximum absolute atomic E-state index is 12.3. The number of rotatable bonds is 4. The molecule has 5 heteroatoms. The molecule has 0 aliphatic heterocycles. The highest BCUT2D eigenvalue weighted by Crippen LogP contribution is 2.56. The van der Waals surface area contributed by atoms with E-state index in [1.807, 2.05) is 0 Å². The Balaban J connectivity index is 2.69. The summed E-state index contributed by atoms with van der Waals surface area (Å²) < 4.78 is 4.85. The van der Waals surface area contributed by atoms with Gasteiger partial charge in [-0.1, -0.05) is 35.9 Å². The van der Waals surface area contributed by atoms with Gasteiger partial charge in [0.25, 0.3) is 0 Å². The number of halogens is 1. The van der Waals surface area contributed by atoms with Crippen LogP contribution in [-0.2, 0) is 14.3 Å². The summed E-state index contributed by atoms with van der Waals surface area (Å²) in [6, 6.07) is 9.04. The number of methoxy groups -OCH3 is 1.